The molecule has 8 heteroatoms. The van der Waals surface area contributed by atoms with E-state index in [1.807, 2.05) is 0 Å². The van der Waals surface area contributed by atoms with Crippen LogP contribution in [0, 0.1) is 5.82 Å². The van der Waals surface area contributed by atoms with Crippen LogP contribution in [0.1, 0.15) is 16.1 Å². The van der Waals surface area contributed by atoms with Crippen molar-refractivity contribution in [3.8, 4) is 16.3 Å². The van der Waals surface area contributed by atoms with Crippen molar-refractivity contribution in [3.05, 3.63) is 70.5 Å². The van der Waals surface area contributed by atoms with Crippen LogP contribution in [-0.2, 0) is 19.4 Å². The molecule has 2 aromatic carbocycles. The van der Waals surface area contributed by atoms with Crippen LogP contribution < -0.4 is 4.74 Å². The molecule has 3 rings (SSSR count). The van der Waals surface area contributed by atoms with Crippen molar-refractivity contribution in [2.75, 3.05) is 0 Å². The molecule has 3 aromatic rings. The summed E-state index contributed by atoms with van der Waals surface area (Å²) in [4.78, 5) is 4.87. The zero-order valence-corrected chi connectivity index (χ0v) is 14.1. The van der Waals surface area contributed by atoms with Crippen molar-refractivity contribution >= 4 is 11.3 Å². The van der Waals surface area contributed by atoms with Gasteiger partial charge in [0.05, 0.1) is 22.7 Å². The first-order chi connectivity index (χ1) is 12.4. The molecule has 0 unspecified atom stereocenters. The van der Waals surface area contributed by atoms with E-state index in [0.717, 1.165) is 12.1 Å². The third-order valence-electron chi connectivity index (χ3n) is 3.55. The van der Waals surface area contributed by atoms with Crippen molar-refractivity contribution < 1.29 is 27.4 Å². The van der Waals surface area contributed by atoms with Gasteiger partial charge < -0.3 is 9.84 Å². The van der Waals surface area contributed by atoms with Crippen LogP contribution in [0.25, 0.3) is 10.6 Å². The first-order valence-electron chi connectivity index (χ1n) is 7.52. The second-order valence-electron chi connectivity index (χ2n) is 5.37. The number of aromatic nitrogens is 1. The maximum Gasteiger partial charge on any atom is 0.416 e. The molecule has 3 nitrogen and oxygen atoms in total. The van der Waals surface area contributed by atoms with E-state index in [4.69, 9.17) is 4.74 Å². The highest BCUT2D eigenvalue weighted by atomic mass is 32.1. The van der Waals surface area contributed by atoms with Gasteiger partial charge in [-0.2, -0.15) is 13.2 Å². The van der Waals surface area contributed by atoms with Gasteiger partial charge in [0.1, 0.15) is 23.2 Å². The molecule has 0 aliphatic heterocycles. The van der Waals surface area contributed by atoms with E-state index < -0.39 is 17.6 Å². The average Bonchev–Trinajstić information content (AvgIpc) is 3.03. The fourth-order valence-corrected chi connectivity index (χ4v) is 3.24. The van der Waals surface area contributed by atoms with E-state index in [-0.39, 0.29) is 13.2 Å². The number of nitrogens with zero attached hydrogens (tertiary/aromatic N) is 1. The highest BCUT2D eigenvalue weighted by Crippen LogP contribution is 2.33. The predicted octanol–water partition coefficient (Wildman–Crippen LogP) is 5.04. The summed E-state index contributed by atoms with van der Waals surface area (Å²) >= 11 is 1.20. The monoisotopic (exact) mass is 383 g/mol. The zero-order valence-electron chi connectivity index (χ0n) is 13.3. The number of hydrogen-bond donors (Lipinski definition) is 1. The van der Waals surface area contributed by atoms with Gasteiger partial charge in [-0.3, -0.25) is 0 Å². The van der Waals surface area contributed by atoms with Crippen molar-refractivity contribution in [1.29, 1.82) is 0 Å². The van der Waals surface area contributed by atoms with Crippen molar-refractivity contribution in [2.24, 2.45) is 0 Å². The lowest BCUT2D eigenvalue weighted by Gasteiger charge is -2.06. The summed E-state index contributed by atoms with van der Waals surface area (Å²) < 4.78 is 56.6. The van der Waals surface area contributed by atoms with Gasteiger partial charge >= 0.3 is 6.18 Å². The summed E-state index contributed by atoms with van der Waals surface area (Å²) in [6.07, 6.45) is -4.40. The molecule has 0 amide bonds. The summed E-state index contributed by atoms with van der Waals surface area (Å²) in [5.74, 6) is -0.0991. The Balaban J connectivity index is 1.80. The highest BCUT2D eigenvalue weighted by Gasteiger charge is 2.30. The number of thiazole rings is 1. The van der Waals surface area contributed by atoms with E-state index in [0.29, 0.717) is 26.9 Å². The molecule has 0 saturated carbocycles. The van der Waals surface area contributed by atoms with Crippen LogP contribution in [0.5, 0.6) is 5.75 Å². The molecule has 0 aliphatic carbocycles. The molecule has 0 aliphatic rings. The van der Waals surface area contributed by atoms with Crippen LogP contribution in [0.2, 0.25) is 0 Å². The van der Waals surface area contributed by atoms with Gasteiger partial charge in [0.25, 0.3) is 0 Å². The Labute approximate surface area is 150 Å². The number of halogens is 4. The molecule has 1 N–H and O–H groups in total. The summed E-state index contributed by atoms with van der Waals surface area (Å²) in [5.41, 5.74) is 0.144. The minimum atomic E-state index is -4.40. The Morgan fingerprint density at radius 1 is 1.08 bits per heavy atom. The minimum Gasteiger partial charge on any atom is -0.488 e. The Kier molecular flexibility index (Phi) is 5.24. The Morgan fingerprint density at radius 3 is 2.42 bits per heavy atom. The second kappa shape index (κ2) is 7.43. The Bertz CT molecular complexity index is 891. The lowest BCUT2D eigenvalue weighted by Crippen LogP contribution is -2.03. The normalized spacial score (nSPS) is 11.6. The minimum absolute atomic E-state index is 0.0671. The maximum atomic E-state index is 13.2. The lowest BCUT2D eigenvalue weighted by atomic mass is 10.1. The molecule has 0 bridgehead atoms. The van der Waals surface area contributed by atoms with Crippen LogP contribution in [0.15, 0.2) is 48.5 Å². The highest BCUT2D eigenvalue weighted by molar-refractivity contribution is 7.15. The Morgan fingerprint density at radius 2 is 1.81 bits per heavy atom. The fourth-order valence-electron chi connectivity index (χ4n) is 2.25. The summed E-state index contributed by atoms with van der Waals surface area (Å²) in [6, 6.07) is 10.3. The molecule has 1 heterocycles. The van der Waals surface area contributed by atoms with E-state index >= 15 is 0 Å². The van der Waals surface area contributed by atoms with E-state index in [2.05, 4.69) is 4.98 Å². The number of aliphatic hydroxyl groups is 1. The van der Waals surface area contributed by atoms with E-state index in [1.165, 1.54) is 41.7 Å². The average molecular weight is 383 g/mol. The topological polar surface area (TPSA) is 42.4 Å². The van der Waals surface area contributed by atoms with Gasteiger partial charge in [-0.15, -0.1) is 11.3 Å². The third kappa shape index (κ3) is 4.20. The molecule has 136 valence electrons. The first-order valence-corrected chi connectivity index (χ1v) is 8.34. The van der Waals surface area contributed by atoms with Crippen LogP contribution in [0.3, 0.4) is 0 Å². The van der Waals surface area contributed by atoms with Gasteiger partial charge in [-0.1, -0.05) is 18.2 Å². The number of benzene rings is 2. The van der Waals surface area contributed by atoms with Crippen LogP contribution in [0.4, 0.5) is 17.6 Å². The molecule has 0 atom stereocenters. The largest absolute Gasteiger partial charge is 0.488 e. The maximum absolute atomic E-state index is 13.2. The fraction of sp³-hybridized carbons (Fsp3) is 0.167. The van der Waals surface area contributed by atoms with Gasteiger partial charge in [-0.05, 0) is 24.3 Å². The first kappa shape index (κ1) is 18.3. The lowest BCUT2D eigenvalue weighted by molar-refractivity contribution is -0.137. The number of hydrogen-bond acceptors (Lipinski definition) is 4. The van der Waals surface area contributed by atoms with Crippen LogP contribution >= 0.6 is 11.3 Å². The molecule has 0 fully saturated rings. The van der Waals surface area contributed by atoms with Crippen molar-refractivity contribution in [3.63, 3.8) is 0 Å². The molecule has 0 spiro atoms. The SMILES string of the molecule is OCc1nc(-c2ccc(C(F)(F)F)cc2)sc1COc1cccc(F)c1. The molecule has 26 heavy (non-hydrogen) atoms. The van der Waals surface area contributed by atoms with Gasteiger partial charge in [0.15, 0.2) is 0 Å². The molecular weight excluding hydrogens is 370 g/mol. The third-order valence-corrected chi connectivity index (χ3v) is 4.67. The van der Waals surface area contributed by atoms with Gasteiger partial charge in [0, 0.05) is 11.6 Å². The Hall–Kier alpha value is -2.45. The van der Waals surface area contributed by atoms with Crippen molar-refractivity contribution in [2.45, 2.75) is 19.4 Å². The smallest absolute Gasteiger partial charge is 0.416 e. The molecule has 0 radical (unpaired) electrons. The zero-order chi connectivity index (χ0) is 18.7. The number of alkyl halides is 3. The van der Waals surface area contributed by atoms with E-state index in [9.17, 15) is 22.7 Å². The predicted molar refractivity (Wildman–Crippen MR) is 89.2 cm³/mol. The van der Waals surface area contributed by atoms with Gasteiger partial charge in [0.2, 0.25) is 0 Å². The quantitative estimate of drug-likeness (QED) is 0.628. The van der Waals surface area contributed by atoms with E-state index in [1.54, 1.807) is 6.07 Å². The second-order valence-corrected chi connectivity index (χ2v) is 6.45. The molecule has 1 aromatic heterocycles. The number of rotatable bonds is 5. The van der Waals surface area contributed by atoms with Gasteiger partial charge in [-0.25, -0.2) is 9.37 Å². The van der Waals surface area contributed by atoms with Crippen LogP contribution in [-0.4, -0.2) is 10.1 Å². The number of ether oxygens (including phenoxy) is 1. The van der Waals surface area contributed by atoms with Crippen molar-refractivity contribution in [1.82, 2.24) is 4.98 Å². The number of aliphatic hydroxyl groups excluding tert-OH is 1. The standard InChI is InChI=1S/C18H13F4NO2S/c19-13-2-1-3-14(8-13)25-10-16-15(9-24)23-17(26-16)11-4-6-12(7-5-11)18(20,21)22/h1-8,24H,9-10H2. The summed E-state index contributed by atoms with van der Waals surface area (Å²) in [6.45, 7) is -0.267. The molecular formula is C18H13F4NO2S. The summed E-state index contributed by atoms with van der Waals surface area (Å²) in [5, 5.41) is 9.92. The summed E-state index contributed by atoms with van der Waals surface area (Å²) in [7, 11) is 0. The molecule has 0 saturated heterocycles.